The summed E-state index contributed by atoms with van der Waals surface area (Å²) in [4.78, 5) is 24.7. The van der Waals surface area contributed by atoms with Crippen LogP contribution in [0.2, 0.25) is 0 Å². The molecule has 0 bridgehead atoms. The quantitative estimate of drug-likeness (QED) is 0.0320. The van der Waals surface area contributed by atoms with Crippen molar-refractivity contribution >= 4 is 11.9 Å². The first-order valence-corrected chi connectivity index (χ1v) is 41.8. The number of amides is 1. The summed E-state index contributed by atoms with van der Waals surface area (Å²) in [5, 5.41) is 23.3. The normalized spacial score (nSPS) is 12.6. The molecule has 0 heterocycles. The fourth-order valence-corrected chi connectivity index (χ4v) is 13.3. The zero-order chi connectivity index (χ0) is 65.6. The predicted octanol–water partition coefficient (Wildman–Crippen LogP) is 27.8. The predicted molar refractivity (Wildman–Crippen MR) is 403 cm³/mol. The molecule has 0 saturated carbocycles. The first kappa shape index (κ1) is 89.1. The van der Waals surface area contributed by atoms with Crippen LogP contribution in [0.3, 0.4) is 0 Å². The number of nitrogens with one attached hydrogen (secondary N) is 1. The van der Waals surface area contributed by atoms with Crippen LogP contribution in [0.4, 0.5) is 0 Å². The summed E-state index contributed by atoms with van der Waals surface area (Å²) in [5.41, 5.74) is 0. The summed E-state index contributed by atoms with van der Waals surface area (Å²) in [7, 11) is 0. The van der Waals surface area contributed by atoms with E-state index in [1.54, 1.807) is 6.08 Å². The fraction of sp³-hybridized carbons (Fsp3) is 0.906. The summed E-state index contributed by atoms with van der Waals surface area (Å²) in [6.45, 7) is 4.93. The molecule has 0 aliphatic heterocycles. The number of allylic oxidation sites excluding steroid dienone is 5. The van der Waals surface area contributed by atoms with E-state index in [2.05, 4.69) is 43.5 Å². The lowest BCUT2D eigenvalue weighted by atomic mass is 10.0. The minimum Gasteiger partial charge on any atom is -0.466 e. The van der Waals surface area contributed by atoms with Gasteiger partial charge in [0.1, 0.15) is 0 Å². The van der Waals surface area contributed by atoms with Gasteiger partial charge in [0.15, 0.2) is 0 Å². The average Bonchev–Trinajstić information content (AvgIpc) is 3.74. The third-order valence-electron chi connectivity index (χ3n) is 19.7. The molecule has 0 saturated heterocycles. The Morgan fingerprint density at radius 2 is 0.549 bits per heavy atom. The summed E-state index contributed by atoms with van der Waals surface area (Å²) < 4.78 is 5.52. The molecule has 2 atom stereocenters. The molecular formula is C85H163NO5. The highest BCUT2D eigenvalue weighted by Crippen LogP contribution is 2.20. The molecule has 0 fully saturated rings. The Balaban J connectivity index is 3.32. The Kier molecular flexibility index (Phi) is 78.8. The van der Waals surface area contributed by atoms with Gasteiger partial charge in [0.25, 0.3) is 0 Å². The highest BCUT2D eigenvalue weighted by molar-refractivity contribution is 5.76. The van der Waals surface area contributed by atoms with Crippen LogP contribution in [-0.2, 0) is 14.3 Å². The number of aliphatic hydroxyl groups excluding tert-OH is 2. The van der Waals surface area contributed by atoms with E-state index in [0.717, 1.165) is 44.9 Å². The van der Waals surface area contributed by atoms with Gasteiger partial charge in [-0.15, -0.1) is 0 Å². The molecule has 0 spiro atoms. The van der Waals surface area contributed by atoms with Crippen LogP contribution in [0.5, 0.6) is 0 Å². The van der Waals surface area contributed by atoms with Gasteiger partial charge in [-0.25, -0.2) is 0 Å². The van der Waals surface area contributed by atoms with Crippen molar-refractivity contribution < 1.29 is 24.5 Å². The van der Waals surface area contributed by atoms with Gasteiger partial charge >= 0.3 is 5.97 Å². The van der Waals surface area contributed by atoms with Gasteiger partial charge in [0, 0.05) is 12.8 Å². The number of carbonyl (C=O) groups is 2. The largest absolute Gasteiger partial charge is 0.466 e. The van der Waals surface area contributed by atoms with Gasteiger partial charge in [-0.05, 0) is 64.2 Å². The van der Waals surface area contributed by atoms with Crippen LogP contribution in [0, 0.1) is 0 Å². The summed E-state index contributed by atoms with van der Waals surface area (Å²) in [6.07, 6.45) is 106. The van der Waals surface area contributed by atoms with Crippen LogP contribution in [0.15, 0.2) is 36.5 Å². The number of esters is 1. The molecule has 1 amide bonds. The lowest BCUT2D eigenvalue weighted by molar-refractivity contribution is -0.143. The number of hydrogen-bond donors (Lipinski definition) is 3. The molecule has 0 aromatic rings. The smallest absolute Gasteiger partial charge is 0.305 e. The van der Waals surface area contributed by atoms with Gasteiger partial charge in [-0.3, -0.25) is 9.59 Å². The molecule has 0 aliphatic rings. The number of aliphatic hydroxyl groups is 2. The second-order valence-electron chi connectivity index (χ2n) is 28.8. The van der Waals surface area contributed by atoms with Gasteiger partial charge < -0.3 is 20.3 Å². The molecule has 6 heteroatoms. The van der Waals surface area contributed by atoms with Gasteiger partial charge in [-0.2, -0.15) is 0 Å². The SMILES string of the molecule is CCCCC/C=C\C/C=C\CCCCCCCCCCCC(=O)OCCCCCCCCCCCCCCCCCCCCCCCCCCCCCCCCCCCCCC(=O)NC(CO)C(O)/C=C/CCCCCCCCCCCCCCCCCCCC. The van der Waals surface area contributed by atoms with E-state index in [1.165, 1.54) is 398 Å². The van der Waals surface area contributed by atoms with Crippen molar-refractivity contribution in [2.24, 2.45) is 0 Å². The van der Waals surface area contributed by atoms with Crippen LogP contribution < -0.4 is 5.32 Å². The Morgan fingerprint density at radius 3 is 0.857 bits per heavy atom. The van der Waals surface area contributed by atoms with E-state index in [-0.39, 0.29) is 18.5 Å². The minimum absolute atomic E-state index is 0.0194. The number of hydrogen-bond acceptors (Lipinski definition) is 5. The zero-order valence-electron chi connectivity index (χ0n) is 61.9. The highest BCUT2D eigenvalue weighted by atomic mass is 16.5. The van der Waals surface area contributed by atoms with Crippen LogP contribution >= 0.6 is 0 Å². The Hall–Kier alpha value is -1.92. The van der Waals surface area contributed by atoms with Crippen LogP contribution in [0.25, 0.3) is 0 Å². The Morgan fingerprint density at radius 1 is 0.308 bits per heavy atom. The monoisotopic (exact) mass is 1280 g/mol. The van der Waals surface area contributed by atoms with E-state index in [4.69, 9.17) is 4.74 Å². The van der Waals surface area contributed by atoms with Gasteiger partial charge in [-0.1, -0.05) is 429 Å². The van der Waals surface area contributed by atoms with Gasteiger partial charge in [0.2, 0.25) is 5.91 Å². The van der Waals surface area contributed by atoms with E-state index in [0.29, 0.717) is 19.4 Å². The van der Waals surface area contributed by atoms with Crippen molar-refractivity contribution in [2.75, 3.05) is 13.2 Å². The van der Waals surface area contributed by atoms with Crippen molar-refractivity contribution in [3.63, 3.8) is 0 Å². The van der Waals surface area contributed by atoms with Gasteiger partial charge in [0.05, 0.1) is 25.4 Å². The van der Waals surface area contributed by atoms with Crippen molar-refractivity contribution in [1.29, 1.82) is 0 Å². The molecule has 0 aliphatic carbocycles. The first-order chi connectivity index (χ1) is 45.0. The zero-order valence-corrected chi connectivity index (χ0v) is 61.9. The average molecular weight is 1280 g/mol. The van der Waals surface area contributed by atoms with Crippen LogP contribution in [-0.4, -0.2) is 47.4 Å². The van der Waals surface area contributed by atoms with Crippen molar-refractivity contribution in [1.82, 2.24) is 5.32 Å². The highest BCUT2D eigenvalue weighted by Gasteiger charge is 2.18. The second-order valence-corrected chi connectivity index (χ2v) is 28.8. The molecule has 0 rings (SSSR count). The first-order valence-electron chi connectivity index (χ1n) is 41.8. The molecule has 0 aromatic heterocycles. The summed E-state index contributed by atoms with van der Waals surface area (Å²) in [6, 6.07) is -0.625. The molecule has 2 unspecified atom stereocenters. The lowest BCUT2D eigenvalue weighted by Gasteiger charge is -2.20. The maximum Gasteiger partial charge on any atom is 0.305 e. The topological polar surface area (TPSA) is 95.9 Å². The van der Waals surface area contributed by atoms with E-state index in [9.17, 15) is 19.8 Å². The number of carbonyl (C=O) groups excluding carboxylic acids is 2. The Bertz CT molecular complexity index is 1470. The number of rotatable bonds is 79. The molecular weight excluding hydrogens is 1110 g/mol. The van der Waals surface area contributed by atoms with E-state index >= 15 is 0 Å². The molecule has 91 heavy (non-hydrogen) atoms. The number of unbranched alkanes of at least 4 members (excludes halogenated alkanes) is 64. The van der Waals surface area contributed by atoms with Crippen molar-refractivity contribution in [3.05, 3.63) is 36.5 Å². The summed E-state index contributed by atoms with van der Waals surface area (Å²) in [5.74, 6) is -0.0386. The molecule has 0 radical (unpaired) electrons. The Labute approximate surface area is 570 Å². The molecule has 3 N–H and O–H groups in total. The molecule has 0 aromatic carbocycles. The fourth-order valence-electron chi connectivity index (χ4n) is 13.3. The maximum atomic E-state index is 12.5. The molecule has 6 nitrogen and oxygen atoms in total. The standard InChI is InChI=1S/C85H163NO5/c1-3-5-7-9-11-13-15-17-19-21-23-42-45-49-53-57-61-65-69-73-77-83(88)82(81-87)86-84(89)78-74-70-66-62-58-54-50-46-43-39-37-35-33-31-29-27-25-24-26-28-30-32-34-36-38-40-44-48-52-56-60-64-68-72-76-80-91-85(90)79-75-71-67-63-59-55-51-47-41-22-20-18-16-14-12-10-8-6-4-2/h12,14,18,20,73,77,82-83,87-88H,3-11,13,15-17,19,21-72,74-76,78-81H2,1-2H3,(H,86,89)/b14-12-,20-18-,77-73+. The van der Waals surface area contributed by atoms with E-state index in [1.807, 2.05) is 6.08 Å². The second kappa shape index (κ2) is 80.5. The van der Waals surface area contributed by atoms with Crippen molar-refractivity contribution in [2.45, 2.75) is 482 Å². The lowest BCUT2D eigenvalue weighted by Crippen LogP contribution is -2.45. The minimum atomic E-state index is -0.842. The van der Waals surface area contributed by atoms with Crippen LogP contribution in [0.1, 0.15) is 470 Å². The third kappa shape index (κ3) is 77.0. The maximum absolute atomic E-state index is 12.5. The molecule has 538 valence electrons. The summed E-state index contributed by atoms with van der Waals surface area (Å²) >= 11 is 0. The van der Waals surface area contributed by atoms with Crippen molar-refractivity contribution in [3.8, 4) is 0 Å². The number of ether oxygens (including phenoxy) is 1. The third-order valence-corrected chi connectivity index (χ3v) is 19.7. The van der Waals surface area contributed by atoms with E-state index < -0.39 is 12.1 Å².